The molecule has 1 aliphatic rings. The third-order valence-electron chi connectivity index (χ3n) is 6.29. The maximum atomic E-state index is 12.1. The minimum absolute atomic E-state index is 0.0684. The summed E-state index contributed by atoms with van der Waals surface area (Å²) >= 11 is 1.85. The van der Waals surface area contributed by atoms with Crippen LogP contribution in [0.25, 0.3) is 11.1 Å². The first-order chi connectivity index (χ1) is 16.6. The average Bonchev–Trinajstić information content (AvgIpc) is 2.88. The number of hydrogen-bond acceptors (Lipinski definition) is 5. The van der Waals surface area contributed by atoms with E-state index >= 15 is 0 Å². The molecule has 0 bridgehead atoms. The predicted octanol–water partition coefficient (Wildman–Crippen LogP) is 4.86. The molecular weight excluding hydrogens is 444 g/mol. The molecule has 1 aliphatic heterocycles. The highest BCUT2D eigenvalue weighted by Gasteiger charge is 2.34. The molecule has 0 radical (unpaired) electrons. The second-order valence-electron chi connectivity index (χ2n) is 8.75. The number of para-hydroxylation sites is 1. The van der Waals surface area contributed by atoms with Crippen molar-refractivity contribution in [2.75, 3.05) is 26.7 Å². The molecule has 1 saturated heterocycles. The molecule has 6 heteroatoms. The number of rotatable bonds is 10. The topological polar surface area (TPSA) is 70.6 Å². The second-order valence-corrected chi connectivity index (χ2v) is 10.3. The number of piperidine rings is 1. The Bertz CT molecular complexity index is 1070. The number of carboxylic acids is 1. The highest BCUT2D eigenvalue weighted by molar-refractivity contribution is 8.00. The lowest BCUT2D eigenvalue weighted by Crippen LogP contribution is -2.53. The van der Waals surface area contributed by atoms with Gasteiger partial charge in [-0.15, -0.1) is 11.8 Å². The molecule has 0 aliphatic carbocycles. The molecule has 0 spiro atoms. The van der Waals surface area contributed by atoms with Crippen LogP contribution < -0.4 is 15.4 Å². The zero-order valence-electron chi connectivity index (χ0n) is 19.5. The van der Waals surface area contributed by atoms with Gasteiger partial charge in [-0.2, -0.15) is 0 Å². The number of benzene rings is 3. The maximum absolute atomic E-state index is 12.1. The first kappa shape index (κ1) is 24.3. The summed E-state index contributed by atoms with van der Waals surface area (Å²) in [4.78, 5) is 13.3. The van der Waals surface area contributed by atoms with Crippen LogP contribution in [0.3, 0.4) is 0 Å². The van der Waals surface area contributed by atoms with Crippen molar-refractivity contribution in [1.82, 2.24) is 10.6 Å². The van der Waals surface area contributed by atoms with E-state index in [1.807, 2.05) is 66.4 Å². The summed E-state index contributed by atoms with van der Waals surface area (Å²) in [5.74, 6) is 0.0000644. The van der Waals surface area contributed by atoms with Gasteiger partial charge in [0.25, 0.3) is 0 Å². The number of carbonyl (C=O) groups is 1. The van der Waals surface area contributed by atoms with Crippen molar-refractivity contribution in [3.63, 3.8) is 0 Å². The van der Waals surface area contributed by atoms with Gasteiger partial charge in [0.2, 0.25) is 0 Å². The van der Waals surface area contributed by atoms with E-state index in [0.29, 0.717) is 13.0 Å². The van der Waals surface area contributed by atoms with Crippen molar-refractivity contribution in [2.24, 2.45) is 0 Å². The van der Waals surface area contributed by atoms with Gasteiger partial charge in [0.15, 0.2) is 0 Å². The summed E-state index contributed by atoms with van der Waals surface area (Å²) in [5.41, 5.74) is 3.06. The molecule has 1 fully saturated rings. The molecule has 0 aromatic heterocycles. The number of aliphatic carboxylic acids is 1. The van der Waals surface area contributed by atoms with Crippen molar-refractivity contribution >= 4 is 17.7 Å². The van der Waals surface area contributed by atoms with Crippen molar-refractivity contribution in [1.29, 1.82) is 0 Å². The Morgan fingerprint density at radius 3 is 2.50 bits per heavy atom. The Labute approximate surface area is 205 Å². The summed E-state index contributed by atoms with van der Waals surface area (Å²) in [6, 6.07) is 25.7. The largest absolute Gasteiger partial charge is 0.496 e. The lowest BCUT2D eigenvalue weighted by atomic mass is 9.97. The Morgan fingerprint density at radius 2 is 1.82 bits per heavy atom. The number of methoxy groups -OCH3 is 1. The summed E-state index contributed by atoms with van der Waals surface area (Å²) in [6.07, 6.45) is 2.57. The van der Waals surface area contributed by atoms with Gasteiger partial charge < -0.3 is 20.5 Å². The van der Waals surface area contributed by atoms with Crippen LogP contribution in [-0.2, 0) is 11.2 Å². The fourth-order valence-electron chi connectivity index (χ4n) is 4.45. The number of carboxylic acid groups (broad SMARTS) is 1. The van der Waals surface area contributed by atoms with Gasteiger partial charge >= 0.3 is 5.97 Å². The van der Waals surface area contributed by atoms with E-state index in [9.17, 15) is 9.90 Å². The Hall–Kier alpha value is -2.80. The molecule has 178 valence electrons. The van der Waals surface area contributed by atoms with Crippen LogP contribution in [-0.4, -0.2) is 48.6 Å². The van der Waals surface area contributed by atoms with Crippen molar-refractivity contribution < 1.29 is 14.6 Å². The SMILES string of the molecule is COc1ccccc1-c1ccc(C[C@H](NCC2(Sc3ccccc3)CCCNC2)C(=O)O)cc1. The van der Waals surface area contributed by atoms with Gasteiger partial charge in [0, 0.05) is 28.3 Å². The first-order valence-corrected chi connectivity index (χ1v) is 12.5. The zero-order chi connectivity index (χ0) is 23.8. The second kappa shape index (κ2) is 11.6. The molecule has 0 saturated carbocycles. The molecule has 3 aromatic rings. The highest BCUT2D eigenvalue weighted by Crippen LogP contribution is 2.37. The maximum Gasteiger partial charge on any atom is 0.321 e. The Balaban J connectivity index is 1.44. The number of nitrogens with one attached hydrogen (secondary N) is 2. The summed E-state index contributed by atoms with van der Waals surface area (Å²) < 4.78 is 5.40. The van der Waals surface area contributed by atoms with Crippen LogP contribution in [0.4, 0.5) is 0 Å². The molecule has 1 unspecified atom stereocenters. The lowest BCUT2D eigenvalue weighted by molar-refractivity contribution is -0.139. The molecule has 5 nitrogen and oxygen atoms in total. The normalized spacial score (nSPS) is 18.9. The molecule has 1 heterocycles. The molecule has 3 N–H and O–H groups in total. The average molecular weight is 477 g/mol. The molecule has 0 amide bonds. The minimum Gasteiger partial charge on any atom is -0.496 e. The third kappa shape index (κ3) is 6.20. The van der Waals surface area contributed by atoms with Crippen molar-refractivity contribution in [2.45, 2.75) is 34.9 Å². The molecule has 3 aromatic carbocycles. The standard InChI is InChI=1S/C28H32N2O3S/c1-33-26-11-6-5-10-24(26)22-14-12-21(13-15-22)18-25(27(31)32)30-20-28(16-7-17-29-19-28)34-23-8-3-2-4-9-23/h2-6,8-15,25,29-30H,7,16-20H2,1H3,(H,31,32)/t25-,28?/m0/s1. The van der Waals surface area contributed by atoms with Crippen molar-refractivity contribution in [3.05, 3.63) is 84.4 Å². The van der Waals surface area contributed by atoms with Gasteiger partial charge in [-0.25, -0.2) is 0 Å². The lowest BCUT2D eigenvalue weighted by Gasteiger charge is -2.38. The first-order valence-electron chi connectivity index (χ1n) is 11.7. The van der Waals surface area contributed by atoms with Gasteiger partial charge in [0.05, 0.1) is 7.11 Å². The number of thioether (sulfide) groups is 1. The van der Waals surface area contributed by atoms with Crippen LogP contribution in [0.5, 0.6) is 5.75 Å². The highest BCUT2D eigenvalue weighted by atomic mass is 32.2. The molecule has 4 rings (SSSR count). The van der Waals surface area contributed by atoms with Crippen molar-refractivity contribution in [3.8, 4) is 16.9 Å². The molecule has 2 atom stereocenters. The third-order valence-corrected chi connectivity index (χ3v) is 7.72. The van der Waals surface area contributed by atoms with Crippen LogP contribution in [0.1, 0.15) is 18.4 Å². The van der Waals surface area contributed by atoms with E-state index < -0.39 is 12.0 Å². The van der Waals surface area contributed by atoms with Crippen LogP contribution in [0, 0.1) is 0 Å². The Kier molecular flexibility index (Phi) is 8.27. The van der Waals surface area contributed by atoms with E-state index in [1.165, 1.54) is 4.90 Å². The van der Waals surface area contributed by atoms with Gasteiger partial charge in [-0.3, -0.25) is 4.79 Å². The van der Waals surface area contributed by atoms with Crippen LogP contribution in [0.2, 0.25) is 0 Å². The quantitative estimate of drug-likeness (QED) is 0.388. The Morgan fingerprint density at radius 1 is 1.09 bits per heavy atom. The van der Waals surface area contributed by atoms with Gasteiger partial charge in [0.1, 0.15) is 11.8 Å². The van der Waals surface area contributed by atoms with Crippen LogP contribution in [0.15, 0.2) is 83.8 Å². The van der Waals surface area contributed by atoms with E-state index in [2.05, 4.69) is 34.9 Å². The van der Waals surface area contributed by atoms with Gasteiger partial charge in [-0.1, -0.05) is 60.7 Å². The zero-order valence-corrected chi connectivity index (χ0v) is 20.3. The van der Waals surface area contributed by atoms with Crippen LogP contribution >= 0.6 is 11.8 Å². The fraction of sp³-hybridized carbons (Fsp3) is 0.321. The van der Waals surface area contributed by atoms with E-state index in [-0.39, 0.29) is 4.75 Å². The van der Waals surface area contributed by atoms with E-state index in [1.54, 1.807) is 7.11 Å². The summed E-state index contributed by atoms with van der Waals surface area (Å²) in [7, 11) is 1.67. The monoisotopic (exact) mass is 476 g/mol. The number of ether oxygens (including phenoxy) is 1. The summed E-state index contributed by atoms with van der Waals surface area (Å²) in [5, 5.41) is 16.8. The van der Waals surface area contributed by atoms with E-state index in [4.69, 9.17) is 4.74 Å². The van der Waals surface area contributed by atoms with Gasteiger partial charge in [-0.05, 0) is 55.1 Å². The molecule has 34 heavy (non-hydrogen) atoms. The number of hydrogen-bond donors (Lipinski definition) is 3. The predicted molar refractivity (Wildman–Crippen MR) is 139 cm³/mol. The smallest absolute Gasteiger partial charge is 0.321 e. The molecular formula is C28H32N2O3S. The van der Waals surface area contributed by atoms with E-state index in [0.717, 1.165) is 48.4 Å². The minimum atomic E-state index is -0.822. The fourth-order valence-corrected chi connectivity index (χ4v) is 5.82. The summed E-state index contributed by atoms with van der Waals surface area (Å²) in [6.45, 7) is 2.51.